The van der Waals surface area contributed by atoms with Crippen LogP contribution in [0.25, 0.3) is 0 Å². The lowest BCUT2D eigenvalue weighted by Crippen LogP contribution is -2.27. The molecule has 0 radical (unpaired) electrons. The Kier molecular flexibility index (Phi) is 6.00. The molecule has 0 aromatic heterocycles. The van der Waals surface area contributed by atoms with E-state index in [2.05, 4.69) is 16.6 Å². The van der Waals surface area contributed by atoms with Gasteiger partial charge in [-0.2, -0.15) is 10.4 Å². The number of hydrogen-bond donors (Lipinski definition) is 1. The first-order valence-electron chi connectivity index (χ1n) is 8.07. The van der Waals surface area contributed by atoms with Gasteiger partial charge in [0, 0.05) is 24.1 Å². The molecule has 1 aromatic carbocycles. The molecule has 0 aliphatic heterocycles. The van der Waals surface area contributed by atoms with Crippen molar-refractivity contribution >= 4 is 22.8 Å². The minimum absolute atomic E-state index is 0.111. The fourth-order valence-electron chi connectivity index (χ4n) is 3.11. The molecule has 9 nitrogen and oxygen atoms in total. The van der Waals surface area contributed by atoms with Crippen molar-refractivity contribution in [2.24, 2.45) is 16.9 Å². The van der Waals surface area contributed by atoms with Crippen LogP contribution < -0.4 is 5.43 Å². The van der Waals surface area contributed by atoms with E-state index in [1.54, 1.807) is 0 Å². The van der Waals surface area contributed by atoms with Crippen molar-refractivity contribution in [1.29, 1.82) is 5.26 Å². The standard InChI is InChI=1S/C16H19N5O4/c1-11-4-2-5-12(6-3-9-17)16(11)19-18-14-8-7-13(20(22)23)10-15(14)21(24)25/h7-8,10-12,18H,2-6H2,1H3/t11-,12-/m0/s1. The molecule has 25 heavy (non-hydrogen) atoms. The monoisotopic (exact) mass is 345 g/mol. The van der Waals surface area contributed by atoms with Crippen LogP contribution in [0.15, 0.2) is 23.3 Å². The largest absolute Gasteiger partial charge is 0.301 e. The van der Waals surface area contributed by atoms with Gasteiger partial charge in [0.2, 0.25) is 0 Å². The van der Waals surface area contributed by atoms with E-state index in [9.17, 15) is 20.2 Å². The van der Waals surface area contributed by atoms with Gasteiger partial charge >= 0.3 is 5.69 Å². The summed E-state index contributed by atoms with van der Waals surface area (Å²) in [5.74, 6) is 0.398. The summed E-state index contributed by atoms with van der Waals surface area (Å²) in [7, 11) is 0. The van der Waals surface area contributed by atoms with Gasteiger partial charge in [0.1, 0.15) is 5.69 Å². The molecule has 9 heteroatoms. The number of nitrogens with one attached hydrogen (secondary N) is 1. The van der Waals surface area contributed by atoms with E-state index in [1.807, 2.05) is 6.92 Å². The number of rotatable bonds is 6. The zero-order valence-corrected chi connectivity index (χ0v) is 13.8. The van der Waals surface area contributed by atoms with Crippen molar-refractivity contribution in [1.82, 2.24) is 0 Å². The first-order chi connectivity index (χ1) is 11.9. The third-order valence-electron chi connectivity index (χ3n) is 4.41. The number of nitro groups is 2. The molecule has 0 heterocycles. The normalized spacial score (nSPS) is 21.5. The van der Waals surface area contributed by atoms with E-state index in [4.69, 9.17) is 5.26 Å². The lowest BCUT2D eigenvalue weighted by Gasteiger charge is -2.28. The second kappa shape index (κ2) is 8.19. The number of hydrazone groups is 1. The highest BCUT2D eigenvalue weighted by Gasteiger charge is 2.27. The second-order valence-electron chi connectivity index (χ2n) is 6.09. The van der Waals surface area contributed by atoms with Gasteiger partial charge < -0.3 is 0 Å². The summed E-state index contributed by atoms with van der Waals surface area (Å²) in [6.07, 6.45) is 4.13. The lowest BCUT2D eigenvalue weighted by atomic mass is 9.78. The van der Waals surface area contributed by atoms with Crippen molar-refractivity contribution in [3.63, 3.8) is 0 Å². The number of benzene rings is 1. The van der Waals surface area contributed by atoms with E-state index in [0.717, 1.165) is 31.0 Å². The second-order valence-corrected chi connectivity index (χ2v) is 6.09. The van der Waals surface area contributed by atoms with Gasteiger partial charge in [0.15, 0.2) is 0 Å². The molecule has 0 unspecified atom stereocenters. The Morgan fingerprint density at radius 3 is 2.72 bits per heavy atom. The predicted octanol–water partition coefficient (Wildman–Crippen LogP) is 4.01. The Bertz CT molecular complexity index is 741. The van der Waals surface area contributed by atoms with Crippen LogP contribution >= 0.6 is 0 Å². The highest BCUT2D eigenvalue weighted by Crippen LogP contribution is 2.32. The molecule has 0 bridgehead atoms. The molecule has 2 atom stereocenters. The molecule has 1 saturated carbocycles. The van der Waals surface area contributed by atoms with Crippen molar-refractivity contribution in [3.05, 3.63) is 38.4 Å². The molecule has 1 aromatic rings. The average Bonchev–Trinajstić information content (AvgIpc) is 2.58. The first kappa shape index (κ1) is 18.3. The van der Waals surface area contributed by atoms with Crippen molar-refractivity contribution < 1.29 is 9.85 Å². The average molecular weight is 345 g/mol. The zero-order chi connectivity index (χ0) is 18.4. The smallest absolute Gasteiger partial charge is 0.272 e. The first-order valence-corrected chi connectivity index (χ1v) is 8.07. The Morgan fingerprint density at radius 2 is 2.08 bits per heavy atom. The molecule has 1 N–H and O–H groups in total. The van der Waals surface area contributed by atoms with Gasteiger partial charge in [0.25, 0.3) is 5.69 Å². The third-order valence-corrected chi connectivity index (χ3v) is 4.41. The highest BCUT2D eigenvalue weighted by molar-refractivity contribution is 5.90. The van der Waals surface area contributed by atoms with Crippen LogP contribution in [0.5, 0.6) is 0 Å². The molecule has 0 amide bonds. The predicted molar refractivity (Wildman–Crippen MR) is 92.2 cm³/mol. The summed E-state index contributed by atoms with van der Waals surface area (Å²) in [6.45, 7) is 2.04. The molecule has 1 fully saturated rings. The number of non-ortho nitro benzene ring substituents is 1. The van der Waals surface area contributed by atoms with Gasteiger partial charge in [-0.05, 0) is 31.2 Å². The van der Waals surface area contributed by atoms with Crippen LogP contribution in [0, 0.1) is 43.4 Å². The van der Waals surface area contributed by atoms with Gasteiger partial charge in [-0.25, -0.2) is 0 Å². The molecular weight excluding hydrogens is 326 g/mol. The van der Waals surface area contributed by atoms with Crippen molar-refractivity contribution in [3.8, 4) is 6.07 Å². The van der Waals surface area contributed by atoms with Crippen LogP contribution in [-0.4, -0.2) is 15.6 Å². The van der Waals surface area contributed by atoms with Gasteiger partial charge in [-0.1, -0.05) is 13.3 Å². The van der Waals surface area contributed by atoms with Gasteiger partial charge in [-0.15, -0.1) is 0 Å². The van der Waals surface area contributed by atoms with Gasteiger partial charge in [0.05, 0.1) is 22.0 Å². The van der Waals surface area contributed by atoms with Crippen LogP contribution in [0.1, 0.15) is 39.0 Å². The Hall–Kier alpha value is -3.02. The summed E-state index contributed by atoms with van der Waals surface area (Å²) in [5, 5.41) is 35.1. The minimum Gasteiger partial charge on any atom is -0.272 e. The fourth-order valence-corrected chi connectivity index (χ4v) is 3.11. The SMILES string of the molecule is C[C@H]1CCC[C@@H](CCC#N)C1=NNc1ccc([N+](=O)[O-])cc1[N+](=O)[O-]. The summed E-state index contributed by atoms with van der Waals surface area (Å²) in [4.78, 5) is 20.6. The molecule has 0 spiro atoms. The van der Waals surface area contributed by atoms with E-state index in [-0.39, 0.29) is 23.2 Å². The highest BCUT2D eigenvalue weighted by atomic mass is 16.6. The van der Waals surface area contributed by atoms with Crippen molar-refractivity contribution in [2.75, 3.05) is 5.43 Å². The summed E-state index contributed by atoms with van der Waals surface area (Å²) >= 11 is 0. The maximum absolute atomic E-state index is 11.2. The molecule has 1 aliphatic carbocycles. The molecule has 0 saturated heterocycles. The summed E-state index contributed by atoms with van der Waals surface area (Å²) in [5.41, 5.74) is 2.98. The molecule has 1 aliphatic rings. The van der Waals surface area contributed by atoms with Crippen LogP contribution in [0.3, 0.4) is 0 Å². The molecule has 2 rings (SSSR count). The number of nitriles is 1. The Balaban J connectivity index is 2.27. The third kappa shape index (κ3) is 4.50. The van der Waals surface area contributed by atoms with Crippen LogP contribution in [0.2, 0.25) is 0 Å². The van der Waals surface area contributed by atoms with Gasteiger partial charge in [-0.3, -0.25) is 25.7 Å². The lowest BCUT2D eigenvalue weighted by molar-refractivity contribution is -0.393. The quantitative estimate of drug-likeness (QED) is 0.611. The maximum Gasteiger partial charge on any atom is 0.301 e. The number of nitrogens with zero attached hydrogens (tertiary/aromatic N) is 4. The van der Waals surface area contributed by atoms with E-state index in [0.29, 0.717) is 12.8 Å². The number of hydrogen-bond acceptors (Lipinski definition) is 7. The summed E-state index contributed by atoms with van der Waals surface area (Å²) < 4.78 is 0. The minimum atomic E-state index is -0.677. The summed E-state index contributed by atoms with van der Waals surface area (Å²) in [6, 6.07) is 5.54. The Morgan fingerprint density at radius 1 is 1.32 bits per heavy atom. The molecular formula is C16H19N5O4. The number of nitro benzene ring substituents is 2. The zero-order valence-electron chi connectivity index (χ0n) is 13.8. The molecule has 132 valence electrons. The maximum atomic E-state index is 11.2. The van der Waals surface area contributed by atoms with Crippen LogP contribution in [0.4, 0.5) is 17.1 Å². The van der Waals surface area contributed by atoms with E-state index >= 15 is 0 Å². The Labute approximate surface area is 144 Å². The van der Waals surface area contributed by atoms with E-state index < -0.39 is 15.5 Å². The topological polar surface area (TPSA) is 134 Å². The van der Waals surface area contributed by atoms with Crippen LogP contribution in [-0.2, 0) is 0 Å². The fraction of sp³-hybridized carbons (Fsp3) is 0.500. The number of anilines is 1. The van der Waals surface area contributed by atoms with E-state index in [1.165, 1.54) is 12.1 Å². The van der Waals surface area contributed by atoms with Crippen molar-refractivity contribution in [2.45, 2.75) is 39.0 Å².